The molecule has 3 heterocycles. The summed E-state index contributed by atoms with van der Waals surface area (Å²) in [6.07, 6.45) is 1.60. The number of hydrogen-bond acceptors (Lipinski definition) is 6. The summed E-state index contributed by atoms with van der Waals surface area (Å²) in [4.78, 5) is 9.16. The summed E-state index contributed by atoms with van der Waals surface area (Å²) < 4.78 is 4.99. The van der Waals surface area contributed by atoms with E-state index in [0.717, 1.165) is 16.0 Å². The number of thiophene rings is 1. The van der Waals surface area contributed by atoms with Crippen LogP contribution < -0.4 is 5.32 Å². The lowest BCUT2D eigenvalue weighted by Crippen LogP contribution is -2.01. The zero-order valence-corrected chi connectivity index (χ0v) is 10.1. The fourth-order valence-corrected chi connectivity index (χ4v) is 2.45. The van der Waals surface area contributed by atoms with Crippen LogP contribution in [-0.4, -0.2) is 15.1 Å². The van der Waals surface area contributed by atoms with Gasteiger partial charge in [-0.25, -0.2) is 9.97 Å². The van der Waals surface area contributed by atoms with Crippen molar-refractivity contribution in [2.75, 3.05) is 5.32 Å². The van der Waals surface area contributed by atoms with Crippen LogP contribution in [0.15, 0.2) is 28.2 Å². The summed E-state index contributed by atoms with van der Waals surface area (Å²) in [5, 5.41) is 9.93. The smallest absolute Gasteiger partial charge is 0.225 e. The van der Waals surface area contributed by atoms with E-state index >= 15 is 0 Å². The molecule has 0 spiro atoms. The summed E-state index contributed by atoms with van der Waals surface area (Å²) in [6.45, 7) is 0.512. The van der Waals surface area contributed by atoms with Crippen LogP contribution in [0.2, 0.25) is 5.28 Å². The number of nitrogens with zero attached hydrogens (tertiary/aromatic N) is 3. The van der Waals surface area contributed by atoms with Crippen molar-refractivity contribution in [1.29, 1.82) is 0 Å². The molecule has 1 N–H and O–H groups in total. The van der Waals surface area contributed by atoms with E-state index in [4.69, 9.17) is 16.1 Å². The Morgan fingerprint density at radius 3 is 3.12 bits per heavy atom. The van der Waals surface area contributed by atoms with Crippen molar-refractivity contribution in [3.63, 3.8) is 0 Å². The number of anilines is 1. The van der Waals surface area contributed by atoms with Crippen molar-refractivity contribution in [2.45, 2.75) is 6.54 Å². The molecular formula is C10H7ClN4OS. The van der Waals surface area contributed by atoms with E-state index in [9.17, 15) is 0 Å². The van der Waals surface area contributed by atoms with Gasteiger partial charge in [0, 0.05) is 6.07 Å². The Kier molecular flexibility index (Phi) is 2.66. The molecule has 0 aliphatic heterocycles. The van der Waals surface area contributed by atoms with E-state index < -0.39 is 0 Å². The SMILES string of the molecule is Clc1nc(NCc2ccno2)c2ccsc2n1. The van der Waals surface area contributed by atoms with Crippen molar-refractivity contribution in [3.8, 4) is 0 Å². The Morgan fingerprint density at radius 2 is 2.29 bits per heavy atom. The molecule has 5 nitrogen and oxygen atoms in total. The Morgan fingerprint density at radius 1 is 1.35 bits per heavy atom. The van der Waals surface area contributed by atoms with E-state index in [2.05, 4.69) is 20.4 Å². The normalized spacial score (nSPS) is 10.9. The first kappa shape index (κ1) is 10.5. The third kappa shape index (κ3) is 2.09. The monoisotopic (exact) mass is 266 g/mol. The molecule has 0 unspecified atom stereocenters. The molecular weight excluding hydrogens is 260 g/mol. The number of hydrogen-bond donors (Lipinski definition) is 1. The second-order valence-corrected chi connectivity index (χ2v) is 4.55. The Bertz CT molecular complexity index is 637. The largest absolute Gasteiger partial charge is 0.362 e. The van der Waals surface area contributed by atoms with Gasteiger partial charge < -0.3 is 9.84 Å². The van der Waals surface area contributed by atoms with Crippen LogP contribution in [-0.2, 0) is 6.54 Å². The minimum Gasteiger partial charge on any atom is -0.362 e. The van der Waals surface area contributed by atoms with Gasteiger partial charge in [0.15, 0.2) is 5.76 Å². The molecule has 3 aromatic rings. The topological polar surface area (TPSA) is 63.8 Å². The highest BCUT2D eigenvalue weighted by Gasteiger charge is 2.08. The molecule has 0 aliphatic carbocycles. The molecule has 0 atom stereocenters. The van der Waals surface area contributed by atoms with Gasteiger partial charge in [-0.05, 0) is 23.0 Å². The average Bonchev–Trinajstić information content (AvgIpc) is 2.95. The van der Waals surface area contributed by atoms with E-state index in [1.165, 1.54) is 11.3 Å². The van der Waals surface area contributed by atoms with Crippen LogP contribution >= 0.6 is 22.9 Å². The molecule has 0 bridgehead atoms. The van der Waals surface area contributed by atoms with Gasteiger partial charge in [-0.3, -0.25) is 0 Å². The van der Waals surface area contributed by atoms with Crippen LogP contribution in [0.4, 0.5) is 5.82 Å². The summed E-state index contributed by atoms with van der Waals surface area (Å²) >= 11 is 7.38. The van der Waals surface area contributed by atoms with Gasteiger partial charge in [-0.15, -0.1) is 11.3 Å². The number of fused-ring (bicyclic) bond motifs is 1. The lowest BCUT2D eigenvalue weighted by atomic mass is 10.3. The van der Waals surface area contributed by atoms with E-state index in [1.54, 1.807) is 12.3 Å². The van der Waals surface area contributed by atoms with Crippen molar-refractivity contribution in [1.82, 2.24) is 15.1 Å². The molecule has 0 aliphatic rings. The van der Waals surface area contributed by atoms with Gasteiger partial charge in [-0.2, -0.15) is 0 Å². The van der Waals surface area contributed by atoms with Crippen molar-refractivity contribution in [2.24, 2.45) is 0 Å². The van der Waals surface area contributed by atoms with E-state index in [0.29, 0.717) is 12.4 Å². The van der Waals surface area contributed by atoms with Crippen LogP contribution in [0.1, 0.15) is 5.76 Å². The molecule has 7 heteroatoms. The quantitative estimate of drug-likeness (QED) is 0.739. The minimum atomic E-state index is 0.236. The third-order valence-electron chi connectivity index (χ3n) is 2.22. The lowest BCUT2D eigenvalue weighted by molar-refractivity contribution is 0.388. The van der Waals surface area contributed by atoms with Gasteiger partial charge >= 0.3 is 0 Å². The number of aromatic nitrogens is 3. The predicted molar refractivity (Wildman–Crippen MR) is 66.3 cm³/mol. The fraction of sp³-hybridized carbons (Fsp3) is 0.100. The third-order valence-corrected chi connectivity index (χ3v) is 3.19. The molecule has 17 heavy (non-hydrogen) atoms. The Hall–Kier alpha value is -1.66. The molecule has 0 saturated heterocycles. The zero-order chi connectivity index (χ0) is 11.7. The van der Waals surface area contributed by atoms with Crippen molar-refractivity contribution < 1.29 is 4.52 Å². The van der Waals surface area contributed by atoms with Crippen LogP contribution in [0.3, 0.4) is 0 Å². The second-order valence-electron chi connectivity index (χ2n) is 3.31. The summed E-state index contributed by atoms with van der Waals surface area (Å²) in [6, 6.07) is 3.75. The van der Waals surface area contributed by atoms with Gasteiger partial charge in [-0.1, -0.05) is 5.16 Å². The summed E-state index contributed by atoms with van der Waals surface area (Å²) in [5.74, 6) is 1.45. The standard InChI is InChI=1S/C10H7ClN4OS/c11-10-14-8(7-2-4-17-9(7)15-10)12-5-6-1-3-13-16-6/h1-4H,5H2,(H,12,14,15). The first-order chi connectivity index (χ1) is 8.33. The molecule has 0 amide bonds. The van der Waals surface area contributed by atoms with Gasteiger partial charge in [0.1, 0.15) is 10.6 Å². The van der Waals surface area contributed by atoms with Crippen LogP contribution in [0, 0.1) is 0 Å². The van der Waals surface area contributed by atoms with Crippen molar-refractivity contribution in [3.05, 3.63) is 34.8 Å². The van der Waals surface area contributed by atoms with Gasteiger partial charge in [0.05, 0.1) is 18.1 Å². The first-order valence-electron chi connectivity index (χ1n) is 4.87. The zero-order valence-electron chi connectivity index (χ0n) is 8.55. The molecule has 0 aromatic carbocycles. The molecule has 0 radical (unpaired) electrons. The number of nitrogens with one attached hydrogen (secondary N) is 1. The highest BCUT2D eigenvalue weighted by Crippen LogP contribution is 2.26. The first-order valence-corrected chi connectivity index (χ1v) is 6.13. The minimum absolute atomic E-state index is 0.236. The Balaban J connectivity index is 1.91. The van der Waals surface area contributed by atoms with Gasteiger partial charge in [0.2, 0.25) is 5.28 Å². The fourth-order valence-electron chi connectivity index (χ4n) is 1.47. The molecule has 3 rings (SSSR count). The highest BCUT2D eigenvalue weighted by molar-refractivity contribution is 7.16. The predicted octanol–water partition coefficient (Wildman–Crippen LogP) is 2.94. The lowest BCUT2D eigenvalue weighted by Gasteiger charge is -2.04. The highest BCUT2D eigenvalue weighted by atomic mass is 35.5. The molecule has 86 valence electrons. The maximum Gasteiger partial charge on any atom is 0.225 e. The van der Waals surface area contributed by atoms with E-state index in [-0.39, 0.29) is 5.28 Å². The van der Waals surface area contributed by atoms with Crippen LogP contribution in [0.5, 0.6) is 0 Å². The molecule has 0 saturated carbocycles. The maximum absolute atomic E-state index is 5.85. The molecule has 0 fully saturated rings. The summed E-state index contributed by atoms with van der Waals surface area (Å²) in [7, 11) is 0. The van der Waals surface area contributed by atoms with Crippen molar-refractivity contribution >= 4 is 39.0 Å². The maximum atomic E-state index is 5.85. The van der Waals surface area contributed by atoms with E-state index in [1.807, 2.05) is 11.4 Å². The van der Waals surface area contributed by atoms with Crippen LogP contribution in [0.25, 0.3) is 10.2 Å². The second kappa shape index (κ2) is 4.31. The summed E-state index contributed by atoms with van der Waals surface area (Å²) in [5.41, 5.74) is 0. The average molecular weight is 267 g/mol. The molecule has 3 aromatic heterocycles. The number of rotatable bonds is 3. The number of halogens is 1. The Labute approximate surface area is 105 Å². The van der Waals surface area contributed by atoms with Gasteiger partial charge in [0.25, 0.3) is 0 Å².